The molecule has 4 nitrogen and oxygen atoms in total. The maximum Gasteiger partial charge on any atom is 0.256 e. The van der Waals surface area contributed by atoms with Gasteiger partial charge in [-0.2, -0.15) is 0 Å². The minimum absolute atomic E-state index is 0.0810. The number of carbonyl (C=O) groups excluding carboxylic acids is 1. The van der Waals surface area contributed by atoms with E-state index in [-0.39, 0.29) is 5.91 Å². The van der Waals surface area contributed by atoms with Gasteiger partial charge in [-0.15, -0.1) is 0 Å². The van der Waals surface area contributed by atoms with E-state index in [1.54, 1.807) is 6.26 Å². The van der Waals surface area contributed by atoms with Gasteiger partial charge in [0, 0.05) is 29.2 Å². The molecule has 1 saturated heterocycles. The van der Waals surface area contributed by atoms with Crippen LogP contribution in [0.4, 0.5) is 0 Å². The van der Waals surface area contributed by atoms with Crippen LogP contribution in [-0.2, 0) is 12.2 Å². The van der Waals surface area contributed by atoms with Crippen molar-refractivity contribution in [2.45, 2.75) is 12.2 Å². The van der Waals surface area contributed by atoms with Crippen LogP contribution in [0.25, 0.3) is 0 Å². The number of hydrogen-bond acceptors (Lipinski definition) is 3. The molecule has 3 heterocycles. The molecule has 2 aromatic carbocycles. The Labute approximate surface area is 156 Å². The van der Waals surface area contributed by atoms with E-state index in [1.165, 1.54) is 0 Å². The van der Waals surface area contributed by atoms with Gasteiger partial charge in [0.25, 0.3) is 5.91 Å². The van der Waals surface area contributed by atoms with E-state index in [9.17, 15) is 4.79 Å². The summed E-state index contributed by atoms with van der Waals surface area (Å²) < 4.78 is 5.59. The van der Waals surface area contributed by atoms with Crippen molar-refractivity contribution in [3.8, 4) is 0 Å². The van der Waals surface area contributed by atoms with E-state index >= 15 is 0 Å². The van der Waals surface area contributed by atoms with Crippen molar-refractivity contribution in [3.63, 3.8) is 0 Å². The lowest BCUT2D eigenvalue weighted by Gasteiger charge is -2.40. The second kappa shape index (κ2) is 5.73. The average molecular weight is 365 g/mol. The first-order valence-corrected chi connectivity index (χ1v) is 9.04. The molecule has 2 aliphatic heterocycles. The Morgan fingerprint density at radius 1 is 1.00 bits per heavy atom. The highest BCUT2D eigenvalue weighted by molar-refractivity contribution is 6.30. The van der Waals surface area contributed by atoms with Crippen LogP contribution in [0.1, 0.15) is 27.2 Å². The molecule has 1 fully saturated rings. The molecular formula is C21H17ClN2O2. The molecule has 0 saturated carbocycles. The van der Waals surface area contributed by atoms with Crippen LogP contribution < -0.4 is 0 Å². The summed E-state index contributed by atoms with van der Waals surface area (Å²) in [5, 5.41) is 0.685. The van der Waals surface area contributed by atoms with E-state index in [1.807, 2.05) is 59.5 Å². The van der Waals surface area contributed by atoms with Crippen molar-refractivity contribution >= 4 is 17.5 Å². The van der Waals surface area contributed by atoms with Crippen LogP contribution >= 0.6 is 11.6 Å². The Balaban J connectivity index is 1.73. The van der Waals surface area contributed by atoms with E-state index in [2.05, 4.69) is 11.0 Å². The van der Waals surface area contributed by atoms with Crippen LogP contribution in [0.5, 0.6) is 0 Å². The summed E-state index contributed by atoms with van der Waals surface area (Å²) in [7, 11) is 0. The van der Waals surface area contributed by atoms with Crippen LogP contribution in [0.15, 0.2) is 71.3 Å². The molecule has 1 aromatic heterocycles. The maximum absolute atomic E-state index is 13.1. The molecule has 2 aliphatic rings. The minimum atomic E-state index is -0.620. The lowest BCUT2D eigenvalue weighted by molar-refractivity contribution is 0.0406. The standard InChI is InChI=1S/C21H17ClN2O2/c22-16-9-7-15(8-10-16)21-19-6-2-1-5-18(19)20(25)24(21)12-11-23(21)14-17-4-3-13-26-17/h1-10,13H,11-12,14H2. The summed E-state index contributed by atoms with van der Waals surface area (Å²) in [6, 6.07) is 19.6. The number of fused-ring (bicyclic) bond motifs is 3. The van der Waals surface area contributed by atoms with Crippen molar-refractivity contribution in [2.75, 3.05) is 13.1 Å². The molecule has 0 spiro atoms. The van der Waals surface area contributed by atoms with Crippen molar-refractivity contribution in [1.82, 2.24) is 9.80 Å². The summed E-state index contributed by atoms with van der Waals surface area (Å²) in [4.78, 5) is 17.4. The predicted octanol–water partition coefficient (Wildman–Crippen LogP) is 4.11. The summed E-state index contributed by atoms with van der Waals surface area (Å²) in [5.41, 5.74) is 2.22. The SMILES string of the molecule is O=C1c2ccccc2C2(c3ccc(Cl)cc3)N(Cc3ccco3)CCN12. The molecule has 0 aliphatic carbocycles. The Morgan fingerprint density at radius 2 is 1.81 bits per heavy atom. The Morgan fingerprint density at radius 3 is 2.58 bits per heavy atom. The van der Waals surface area contributed by atoms with Gasteiger partial charge >= 0.3 is 0 Å². The lowest BCUT2D eigenvalue weighted by Crippen LogP contribution is -2.48. The fourth-order valence-electron chi connectivity index (χ4n) is 4.36. The van der Waals surface area contributed by atoms with Gasteiger partial charge in [-0.25, -0.2) is 0 Å². The quantitative estimate of drug-likeness (QED) is 0.702. The highest BCUT2D eigenvalue weighted by Crippen LogP contribution is 2.50. The van der Waals surface area contributed by atoms with Crippen LogP contribution in [0.3, 0.4) is 0 Å². The number of furan rings is 1. The zero-order valence-corrected chi connectivity index (χ0v) is 14.8. The average Bonchev–Trinajstić information content (AvgIpc) is 3.35. The normalized spacial score (nSPS) is 21.9. The van der Waals surface area contributed by atoms with Crippen LogP contribution in [0.2, 0.25) is 5.02 Å². The monoisotopic (exact) mass is 364 g/mol. The van der Waals surface area contributed by atoms with Crippen LogP contribution in [0, 0.1) is 0 Å². The van der Waals surface area contributed by atoms with Crippen molar-refractivity contribution in [2.24, 2.45) is 0 Å². The highest BCUT2D eigenvalue weighted by atomic mass is 35.5. The molecule has 0 N–H and O–H groups in total. The number of carbonyl (C=O) groups is 1. The molecule has 1 atom stereocenters. The zero-order chi connectivity index (χ0) is 17.7. The molecule has 3 aromatic rings. The van der Waals surface area contributed by atoms with Gasteiger partial charge in [0.15, 0.2) is 0 Å². The van der Waals surface area contributed by atoms with Gasteiger partial charge in [-0.05, 0) is 35.9 Å². The Bertz CT molecular complexity index is 968. The summed E-state index contributed by atoms with van der Waals surface area (Å²) in [6.45, 7) is 2.09. The fourth-order valence-corrected chi connectivity index (χ4v) is 4.48. The first-order valence-electron chi connectivity index (χ1n) is 8.66. The predicted molar refractivity (Wildman–Crippen MR) is 98.8 cm³/mol. The third-order valence-corrected chi connectivity index (χ3v) is 5.65. The summed E-state index contributed by atoms with van der Waals surface area (Å²) in [5.74, 6) is 0.967. The van der Waals surface area contributed by atoms with E-state index < -0.39 is 5.66 Å². The van der Waals surface area contributed by atoms with Gasteiger partial charge in [0.2, 0.25) is 0 Å². The van der Waals surface area contributed by atoms with Gasteiger partial charge in [0.1, 0.15) is 11.4 Å². The third-order valence-electron chi connectivity index (χ3n) is 5.39. The largest absolute Gasteiger partial charge is 0.468 e. The Hall–Kier alpha value is -2.56. The first-order chi connectivity index (χ1) is 12.7. The number of benzene rings is 2. The molecule has 130 valence electrons. The summed E-state index contributed by atoms with van der Waals surface area (Å²) >= 11 is 6.13. The topological polar surface area (TPSA) is 36.7 Å². The third kappa shape index (κ3) is 2.03. The van der Waals surface area contributed by atoms with Crippen molar-refractivity contribution < 1.29 is 9.21 Å². The number of nitrogens with zero attached hydrogens (tertiary/aromatic N) is 2. The lowest BCUT2D eigenvalue weighted by atomic mass is 9.90. The number of halogens is 1. The van der Waals surface area contributed by atoms with Crippen LogP contribution in [-0.4, -0.2) is 28.8 Å². The summed E-state index contributed by atoms with van der Waals surface area (Å²) in [6.07, 6.45) is 1.69. The number of hydrogen-bond donors (Lipinski definition) is 0. The van der Waals surface area contributed by atoms with E-state index in [4.69, 9.17) is 16.0 Å². The molecule has 5 rings (SSSR count). The van der Waals surface area contributed by atoms with Gasteiger partial charge in [-0.3, -0.25) is 9.69 Å². The maximum atomic E-state index is 13.1. The first kappa shape index (κ1) is 15.7. The van der Waals surface area contributed by atoms with Crippen molar-refractivity contribution in [1.29, 1.82) is 0 Å². The number of amides is 1. The molecule has 5 heteroatoms. The van der Waals surface area contributed by atoms with Gasteiger partial charge in [-0.1, -0.05) is 41.9 Å². The van der Waals surface area contributed by atoms with Gasteiger partial charge < -0.3 is 9.32 Å². The highest BCUT2D eigenvalue weighted by Gasteiger charge is 2.57. The fraction of sp³-hybridized carbons (Fsp3) is 0.190. The second-order valence-corrected chi connectivity index (χ2v) is 7.12. The van der Waals surface area contributed by atoms with E-state index in [0.29, 0.717) is 18.1 Å². The Kier molecular flexibility index (Phi) is 3.45. The molecular weight excluding hydrogens is 348 g/mol. The van der Waals surface area contributed by atoms with Crippen molar-refractivity contribution in [3.05, 3.63) is 94.4 Å². The molecule has 1 unspecified atom stereocenters. The van der Waals surface area contributed by atoms with Gasteiger partial charge in [0.05, 0.1) is 12.8 Å². The second-order valence-electron chi connectivity index (χ2n) is 6.68. The molecule has 26 heavy (non-hydrogen) atoms. The smallest absolute Gasteiger partial charge is 0.256 e. The zero-order valence-electron chi connectivity index (χ0n) is 14.1. The minimum Gasteiger partial charge on any atom is -0.468 e. The molecule has 1 amide bonds. The molecule has 0 radical (unpaired) electrons. The molecule has 0 bridgehead atoms. The van der Waals surface area contributed by atoms with E-state index in [0.717, 1.165) is 29.0 Å². The number of rotatable bonds is 3.